The Morgan fingerprint density at radius 1 is 1.46 bits per heavy atom. The molecule has 3 nitrogen and oxygen atoms in total. The van der Waals surface area contributed by atoms with E-state index in [0.717, 1.165) is 12.5 Å². The van der Waals surface area contributed by atoms with Gasteiger partial charge in [-0.2, -0.15) is 5.10 Å². The third kappa shape index (κ3) is 2.10. The first kappa shape index (κ1) is 8.75. The van der Waals surface area contributed by atoms with Crippen molar-refractivity contribution >= 4 is 0 Å². The van der Waals surface area contributed by atoms with Gasteiger partial charge in [0.25, 0.3) is 0 Å². The number of aromatic nitrogens is 2. The first-order valence-corrected chi connectivity index (χ1v) is 5.09. The summed E-state index contributed by atoms with van der Waals surface area (Å²) in [5.41, 5.74) is 6.11. The lowest BCUT2D eigenvalue weighted by Crippen LogP contribution is -2.33. The van der Waals surface area contributed by atoms with Crippen molar-refractivity contribution in [3.05, 3.63) is 18.5 Å². The lowest BCUT2D eigenvalue weighted by atomic mass is 9.99. The maximum Gasteiger partial charge on any atom is 0.0563 e. The van der Waals surface area contributed by atoms with Crippen LogP contribution < -0.4 is 5.73 Å². The molecule has 1 aliphatic carbocycles. The van der Waals surface area contributed by atoms with E-state index in [1.165, 1.54) is 25.7 Å². The number of hydrogen-bond acceptors (Lipinski definition) is 2. The summed E-state index contributed by atoms with van der Waals surface area (Å²) < 4.78 is 1.93. The first-order valence-electron chi connectivity index (χ1n) is 5.09. The van der Waals surface area contributed by atoms with Crippen molar-refractivity contribution in [1.82, 2.24) is 9.78 Å². The maximum absolute atomic E-state index is 6.11. The molecular weight excluding hydrogens is 162 g/mol. The molecule has 0 aromatic carbocycles. The average Bonchev–Trinajstić information content (AvgIpc) is 2.74. The van der Waals surface area contributed by atoms with Gasteiger partial charge < -0.3 is 5.73 Å². The van der Waals surface area contributed by atoms with Crippen LogP contribution in [0, 0.1) is 5.92 Å². The van der Waals surface area contributed by atoms with E-state index in [9.17, 15) is 0 Å². The van der Waals surface area contributed by atoms with Crippen molar-refractivity contribution < 1.29 is 0 Å². The molecule has 13 heavy (non-hydrogen) atoms. The molecule has 2 N–H and O–H groups in total. The lowest BCUT2D eigenvalue weighted by Gasteiger charge is -2.18. The number of hydrogen-bond donors (Lipinski definition) is 1. The predicted octanol–water partition coefficient (Wildman–Crippen LogP) is 1.40. The highest BCUT2D eigenvalue weighted by Crippen LogP contribution is 2.27. The standard InChI is InChI=1S/C10H17N3/c11-10(9-4-1-2-5-9)8-13-7-3-6-12-13/h3,6-7,9-10H,1-2,4-5,8,11H2. The largest absolute Gasteiger partial charge is 0.326 e. The molecule has 1 atom stereocenters. The minimum absolute atomic E-state index is 0.294. The van der Waals surface area contributed by atoms with Gasteiger partial charge in [-0.1, -0.05) is 12.8 Å². The summed E-state index contributed by atoms with van der Waals surface area (Å²) in [4.78, 5) is 0. The van der Waals surface area contributed by atoms with E-state index < -0.39 is 0 Å². The quantitative estimate of drug-likeness (QED) is 0.762. The molecule has 0 aliphatic heterocycles. The summed E-state index contributed by atoms with van der Waals surface area (Å²) in [6.45, 7) is 0.873. The van der Waals surface area contributed by atoms with Crippen LogP contribution in [-0.4, -0.2) is 15.8 Å². The summed E-state index contributed by atoms with van der Waals surface area (Å²) in [6, 6.07) is 2.24. The van der Waals surface area contributed by atoms with Crippen molar-refractivity contribution in [1.29, 1.82) is 0 Å². The smallest absolute Gasteiger partial charge is 0.0563 e. The fourth-order valence-corrected chi connectivity index (χ4v) is 2.16. The van der Waals surface area contributed by atoms with Crippen LogP contribution in [0.4, 0.5) is 0 Å². The molecule has 0 spiro atoms. The fraction of sp³-hybridized carbons (Fsp3) is 0.700. The summed E-state index contributed by atoms with van der Waals surface area (Å²) in [5, 5.41) is 4.16. The third-order valence-electron chi connectivity index (χ3n) is 2.96. The van der Waals surface area contributed by atoms with E-state index in [4.69, 9.17) is 5.73 Å². The van der Waals surface area contributed by atoms with Crippen molar-refractivity contribution in [2.75, 3.05) is 0 Å². The average molecular weight is 179 g/mol. The van der Waals surface area contributed by atoms with Crippen molar-refractivity contribution in [2.24, 2.45) is 11.7 Å². The Labute approximate surface area is 78.9 Å². The molecule has 1 aromatic rings. The van der Waals surface area contributed by atoms with Gasteiger partial charge in [-0.3, -0.25) is 4.68 Å². The van der Waals surface area contributed by atoms with E-state index in [-0.39, 0.29) is 0 Å². The van der Waals surface area contributed by atoms with E-state index in [1.807, 2.05) is 16.9 Å². The second-order valence-electron chi connectivity index (χ2n) is 3.94. The molecule has 0 amide bonds. The van der Waals surface area contributed by atoms with Gasteiger partial charge in [-0.25, -0.2) is 0 Å². The lowest BCUT2D eigenvalue weighted by molar-refractivity contribution is 0.373. The van der Waals surface area contributed by atoms with Crippen LogP contribution in [0.1, 0.15) is 25.7 Å². The Bertz CT molecular complexity index is 237. The number of nitrogens with zero attached hydrogens (tertiary/aromatic N) is 2. The first-order chi connectivity index (χ1) is 6.36. The summed E-state index contributed by atoms with van der Waals surface area (Å²) in [7, 11) is 0. The molecule has 3 heteroatoms. The van der Waals surface area contributed by atoms with Gasteiger partial charge in [0.15, 0.2) is 0 Å². The zero-order valence-electron chi connectivity index (χ0n) is 7.89. The SMILES string of the molecule is NC(Cn1cccn1)C1CCCC1. The normalized spacial score (nSPS) is 20.7. The van der Waals surface area contributed by atoms with Crippen LogP contribution in [-0.2, 0) is 6.54 Å². The van der Waals surface area contributed by atoms with Crippen LogP contribution >= 0.6 is 0 Å². The summed E-state index contributed by atoms with van der Waals surface area (Å²) >= 11 is 0. The van der Waals surface area contributed by atoms with E-state index in [0.29, 0.717) is 6.04 Å². The zero-order valence-corrected chi connectivity index (χ0v) is 7.89. The minimum atomic E-state index is 0.294. The Morgan fingerprint density at radius 3 is 2.85 bits per heavy atom. The van der Waals surface area contributed by atoms with Crippen LogP contribution in [0.3, 0.4) is 0 Å². The molecule has 1 heterocycles. The van der Waals surface area contributed by atoms with Crippen molar-refractivity contribution in [3.63, 3.8) is 0 Å². The van der Waals surface area contributed by atoms with Gasteiger partial charge in [0.05, 0.1) is 6.54 Å². The molecular formula is C10H17N3. The van der Waals surface area contributed by atoms with Gasteiger partial charge in [-0.05, 0) is 24.8 Å². The van der Waals surface area contributed by atoms with Gasteiger partial charge in [0.1, 0.15) is 0 Å². The monoisotopic (exact) mass is 179 g/mol. The van der Waals surface area contributed by atoms with E-state index in [2.05, 4.69) is 5.10 Å². The van der Waals surface area contributed by atoms with Crippen molar-refractivity contribution in [2.45, 2.75) is 38.3 Å². The predicted molar refractivity (Wildman–Crippen MR) is 52.2 cm³/mol. The highest BCUT2D eigenvalue weighted by atomic mass is 15.3. The molecule has 1 unspecified atom stereocenters. The van der Waals surface area contributed by atoms with Crippen LogP contribution in [0.25, 0.3) is 0 Å². The number of nitrogens with two attached hydrogens (primary N) is 1. The van der Waals surface area contributed by atoms with Gasteiger partial charge in [0.2, 0.25) is 0 Å². The van der Waals surface area contributed by atoms with Crippen LogP contribution in [0.2, 0.25) is 0 Å². The number of rotatable bonds is 3. The molecule has 0 saturated heterocycles. The highest BCUT2D eigenvalue weighted by Gasteiger charge is 2.21. The van der Waals surface area contributed by atoms with Crippen molar-refractivity contribution in [3.8, 4) is 0 Å². The molecule has 1 fully saturated rings. The molecule has 1 aromatic heterocycles. The minimum Gasteiger partial charge on any atom is -0.326 e. The van der Waals surface area contributed by atoms with E-state index in [1.54, 1.807) is 6.20 Å². The highest BCUT2D eigenvalue weighted by molar-refractivity contribution is 4.82. The van der Waals surface area contributed by atoms with E-state index >= 15 is 0 Å². The third-order valence-corrected chi connectivity index (χ3v) is 2.96. The summed E-state index contributed by atoms with van der Waals surface area (Å²) in [6.07, 6.45) is 9.12. The Balaban J connectivity index is 1.87. The fourth-order valence-electron chi connectivity index (χ4n) is 2.16. The Morgan fingerprint density at radius 2 is 2.23 bits per heavy atom. The van der Waals surface area contributed by atoms with Gasteiger partial charge in [0, 0.05) is 18.4 Å². The molecule has 72 valence electrons. The topological polar surface area (TPSA) is 43.8 Å². The molecule has 0 bridgehead atoms. The van der Waals surface area contributed by atoms with Crippen LogP contribution in [0.15, 0.2) is 18.5 Å². The van der Waals surface area contributed by atoms with Gasteiger partial charge in [-0.15, -0.1) is 0 Å². The molecule has 0 radical (unpaired) electrons. The summed E-state index contributed by atoms with van der Waals surface area (Å²) in [5.74, 6) is 0.726. The second-order valence-corrected chi connectivity index (χ2v) is 3.94. The molecule has 1 saturated carbocycles. The Hall–Kier alpha value is -0.830. The Kier molecular flexibility index (Phi) is 2.64. The second kappa shape index (κ2) is 3.92. The zero-order chi connectivity index (χ0) is 9.10. The molecule has 1 aliphatic rings. The van der Waals surface area contributed by atoms with Gasteiger partial charge >= 0.3 is 0 Å². The van der Waals surface area contributed by atoms with Crippen LogP contribution in [0.5, 0.6) is 0 Å². The molecule has 2 rings (SSSR count). The maximum atomic E-state index is 6.11.